The van der Waals surface area contributed by atoms with Crippen molar-refractivity contribution >= 4 is 5.78 Å². The van der Waals surface area contributed by atoms with Crippen molar-refractivity contribution in [3.05, 3.63) is 18.0 Å². The third-order valence-electron chi connectivity index (χ3n) is 3.26. The Bertz CT molecular complexity index is 344. The van der Waals surface area contributed by atoms with Crippen LogP contribution in [0.4, 0.5) is 0 Å². The van der Waals surface area contributed by atoms with E-state index in [1.54, 1.807) is 6.20 Å². The van der Waals surface area contributed by atoms with Gasteiger partial charge in [-0.3, -0.25) is 9.48 Å². The van der Waals surface area contributed by atoms with E-state index < -0.39 is 0 Å². The second-order valence-corrected chi connectivity index (χ2v) is 4.64. The molecule has 0 fully saturated rings. The number of Topliss-reactive ketones (excluding diaryl/α,β-unsaturated/α-hetero) is 1. The largest absolute Gasteiger partial charge is 0.294 e. The van der Waals surface area contributed by atoms with Gasteiger partial charge in [0.2, 0.25) is 0 Å². The molecule has 0 saturated heterocycles. The molecule has 0 radical (unpaired) electrons. The molecule has 1 unspecified atom stereocenters. The van der Waals surface area contributed by atoms with Crippen LogP contribution in [0.3, 0.4) is 0 Å². The lowest BCUT2D eigenvalue weighted by Gasteiger charge is -2.13. The summed E-state index contributed by atoms with van der Waals surface area (Å²) in [6.07, 6.45) is 9.09. The van der Waals surface area contributed by atoms with E-state index in [-0.39, 0.29) is 5.78 Å². The molecule has 0 bridgehead atoms. The van der Waals surface area contributed by atoms with E-state index >= 15 is 0 Å². The third kappa shape index (κ3) is 4.33. The Morgan fingerprint density at radius 2 is 2.18 bits per heavy atom. The number of carbonyl (C=O) groups is 1. The molecule has 0 saturated carbocycles. The van der Waals surface area contributed by atoms with Gasteiger partial charge in [0, 0.05) is 19.2 Å². The number of unbranched alkanes of at least 4 members (excludes halogenated alkanes) is 1. The van der Waals surface area contributed by atoms with Gasteiger partial charge in [0.25, 0.3) is 0 Å². The summed E-state index contributed by atoms with van der Waals surface area (Å²) in [4.78, 5) is 11.5. The third-order valence-corrected chi connectivity index (χ3v) is 3.26. The molecule has 96 valence electrons. The van der Waals surface area contributed by atoms with Crippen molar-refractivity contribution in [3.8, 4) is 0 Å². The Kier molecular flexibility index (Phi) is 5.95. The fourth-order valence-electron chi connectivity index (χ4n) is 1.99. The monoisotopic (exact) mass is 236 g/mol. The van der Waals surface area contributed by atoms with E-state index in [0.717, 1.165) is 12.1 Å². The highest BCUT2D eigenvalue weighted by atomic mass is 16.1. The van der Waals surface area contributed by atoms with E-state index in [1.807, 2.05) is 17.8 Å². The zero-order chi connectivity index (χ0) is 12.7. The lowest BCUT2D eigenvalue weighted by atomic mass is 9.99. The van der Waals surface area contributed by atoms with Gasteiger partial charge < -0.3 is 0 Å². The topological polar surface area (TPSA) is 34.9 Å². The van der Waals surface area contributed by atoms with Crippen LogP contribution in [-0.4, -0.2) is 15.6 Å². The fourth-order valence-corrected chi connectivity index (χ4v) is 1.99. The number of hydrogen-bond donors (Lipinski definition) is 0. The number of rotatable bonds is 8. The average Bonchev–Trinajstić information content (AvgIpc) is 2.81. The number of ketones is 1. The summed E-state index contributed by atoms with van der Waals surface area (Å²) in [5.41, 5.74) is 0.748. The quantitative estimate of drug-likeness (QED) is 0.645. The standard InChI is InChI=1S/C14H24N2O/c1-4-7-8-12(5-2)10-16-11-13(9-15-16)14(17)6-3/h9,11-12H,4-8,10H2,1-3H3. The van der Waals surface area contributed by atoms with E-state index in [4.69, 9.17) is 0 Å². The van der Waals surface area contributed by atoms with Gasteiger partial charge in [0.05, 0.1) is 11.8 Å². The maximum Gasteiger partial charge on any atom is 0.165 e. The number of carbonyl (C=O) groups excluding carboxylic acids is 1. The summed E-state index contributed by atoms with van der Waals surface area (Å²) >= 11 is 0. The first-order valence-electron chi connectivity index (χ1n) is 6.76. The molecule has 3 nitrogen and oxygen atoms in total. The van der Waals surface area contributed by atoms with Crippen LogP contribution in [0.2, 0.25) is 0 Å². The normalized spacial score (nSPS) is 12.6. The molecular weight excluding hydrogens is 212 g/mol. The number of nitrogens with zero attached hydrogens (tertiary/aromatic N) is 2. The minimum atomic E-state index is 0.179. The molecule has 0 aliphatic heterocycles. The van der Waals surface area contributed by atoms with Gasteiger partial charge in [-0.15, -0.1) is 0 Å². The van der Waals surface area contributed by atoms with Crippen LogP contribution in [0.1, 0.15) is 63.2 Å². The van der Waals surface area contributed by atoms with Crippen molar-refractivity contribution in [2.45, 2.75) is 59.4 Å². The summed E-state index contributed by atoms with van der Waals surface area (Å²) in [6, 6.07) is 0. The van der Waals surface area contributed by atoms with Crippen LogP contribution >= 0.6 is 0 Å². The molecule has 0 spiro atoms. The molecule has 17 heavy (non-hydrogen) atoms. The average molecular weight is 236 g/mol. The van der Waals surface area contributed by atoms with Crippen molar-refractivity contribution in [1.82, 2.24) is 9.78 Å². The van der Waals surface area contributed by atoms with Crippen LogP contribution in [-0.2, 0) is 6.54 Å². The van der Waals surface area contributed by atoms with Gasteiger partial charge in [0.15, 0.2) is 5.78 Å². The summed E-state index contributed by atoms with van der Waals surface area (Å²) in [7, 11) is 0. The van der Waals surface area contributed by atoms with Crippen molar-refractivity contribution < 1.29 is 4.79 Å². The molecule has 3 heteroatoms. The Balaban J connectivity index is 2.54. The van der Waals surface area contributed by atoms with Crippen molar-refractivity contribution in [3.63, 3.8) is 0 Å². The highest BCUT2D eigenvalue weighted by molar-refractivity contribution is 5.95. The van der Waals surface area contributed by atoms with Gasteiger partial charge in [-0.25, -0.2) is 0 Å². The van der Waals surface area contributed by atoms with Crippen LogP contribution in [0.15, 0.2) is 12.4 Å². The Morgan fingerprint density at radius 1 is 1.41 bits per heavy atom. The van der Waals surface area contributed by atoms with Crippen LogP contribution in [0.5, 0.6) is 0 Å². The molecule has 0 amide bonds. The van der Waals surface area contributed by atoms with E-state index in [1.165, 1.54) is 25.7 Å². The van der Waals surface area contributed by atoms with Gasteiger partial charge in [-0.1, -0.05) is 40.0 Å². The van der Waals surface area contributed by atoms with Gasteiger partial charge in [0.1, 0.15) is 0 Å². The summed E-state index contributed by atoms with van der Waals surface area (Å²) in [5, 5.41) is 4.28. The fraction of sp³-hybridized carbons (Fsp3) is 0.714. The molecule has 0 aliphatic carbocycles. The first-order chi connectivity index (χ1) is 8.21. The predicted octanol–water partition coefficient (Wildman–Crippen LogP) is 3.69. The molecule has 1 aromatic rings. The molecule has 1 atom stereocenters. The molecule has 0 aromatic carbocycles. The summed E-state index contributed by atoms with van der Waals surface area (Å²) < 4.78 is 1.92. The van der Waals surface area contributed by atoms with Crippen LogP contribution < -0.4 is 0 Å². The minimum Gasteiger partial charge on any atom is -0.294 e. The zero-order valence-electron chi connectivity index (χ0n) is 11.3. The summed E-state index contributed by atoms with van der Waals surface area (Å²) in [5.74, 6) is 0.859. The maximum absolute atomic E-state index is 11.5. The Labute approximate surface area is 104 Å². The highest BCUT2D eigenvalue weighted by Gasteiger charge is 2.10. The zero-order valence-corrected chi connectivity index (χ0v) is 11.3. The first kappa shape index (κ1) is 13.9. The van der Waals surface area contributed by atoms with Crippen molar-refractivity contribution in [1.29, 1.82) is 0 Å². The van der Waals surface area contributed by atoms with Gasteiger partial charge in [-0.05, 0) is 12.3 Å². The van der Waals surface area contributed by atoms with E-state index in [2.05, 4.69) is 18.9 Å². The lowest BCUT2D eigenvalue weighted by Crippen LogP contribution is -2.10. The molecule has 1 rings (SSSR count). The second-order valence-electron chi connectivity index (χ2n) is 4.64. The van der Waals surface area contributed by atoms with Gasteiger partial charge >= 0.3 is 0 Å². The maximum atomic E-state index is 11.5. The number of hydrogen-bond acceptors (Lipinski definition) is 2. The SMILES string of the molecule is CCCCC(CC)Cn1cc(C(=O)CC)cn1. The van der Waals surface area contributed by atoms with E-state index in [0.29, 0.717) is 12.3 Å². The Hall–Kier alpha value is -1.12. The van der Waals surface area contributed by atoms with Crippen LogP contribution in [0.25, 0.3) is 0 Å². The molecular formula is C14H24N2O. The van der Waals surface area contributed by atoms with Gasteiger partial charge in [-0.2, -0.15) is 5.10 Å². The van der Waals surface area contributed by atoms with Crippen molar-refractivity contribution in [2.75, 3.05) is 0 Å². The summed E-state index contributed by atoms with van der Waals surface area (Å²) in [6.45, 7) is 7.27. The predicted molar refractivity (Wildman–Crippen MR) is 70.2 cm³/mol. The minimum absolute atomic E-state index is 0.179. The highest BCUT2D eigenvalue weighted by Crippen LogP contribution is 2.15. The molecule has 1 aromatic heterocycles. The lowest BCUT2D eigenvalue weighted by molar-refractivity contribution is 0.0988. The smallest absolute Gasteiger partial charge is 0.165 e. The van der Waals surface area contributed by atoms with Crippen molar-refractivity contribution in [2.24, 2.45) is 5.92 Å². The Morgan fingerprint density at radius 3 is 2.76 bits per heavy atom. The molecule has 0 aliphatic rings. The second kappa shape index (κ2) is 7.25. The molecule has 1 heterocycles. The number of aromatic nitrogens is 2. The van der Waals surface area contributed by atoms with Crippen LogP contribution in [0, 0.1) is 5.92 Å². The van der Waals surface area contributed by atoms with E-state index in [9.17, 15) is 4.79 Å². The first-order valence-corrected chi connectivity index (χ1v) is 6.76. The molecule has 0 N–H and O–H groups in total.